The van der Waals surface area contributed by atoms with E-state index >= 15 is 0 Å². The fourth-order valence-electron chi connectivity index (χ4n) is 6.88. The topological polar surface area (TPSA) is 75.1 Å². The quantitative estimate of drug-likeness (QED) is 0.134. The molecule has 0 aromatic heterocycles. The Morgan fingerprint density at radius 3 is 2.50 bits per heavy atom. The van der Waals surface area contributed by atoms with Gasteiger partial charge in [-0.2, -0.15) is 0 Å². The van der Waals surface area contributed by atoms with E-state index in [9.17, 15) is 4.79 Å². The first-order valence-corrected chi connectivity index (χ1v) is 15.5. The van der Waals surface area contributed by atoms with Crippen molar-refractivity contribution in [3.05, 3.63) is 22.6 Å². The van der Waals surface area contributed by atoms with E-state index in [1.807, 2.05) is 0 Å². The SMILES string of the molecule is C=C1CC[C@H]2[C@H](CN=[N+]=[N-])[C@@H]([C@@]3(C)CCC(=O)C[C@@H]3CO[Si](C)(C)C(C)(C)C)CC[C@]12C. The molecule has 32 heavy (non-hydrogen) atoms. The summed E-state index contributed by atoms with van der Waals surface area (Å²) in [5, 5.41) is 4.26. The van der Waals surface area contributed by atoms with Gasteiger partial charge in [-0.15, -0.1) is 0 Å². The maximum atomic E-state index is 12.6. The molecule has 0 heterocycles. The molecular weight excluding hydrogens is 414 g/mol. The fraction of sp³-hybridized carbons (Fsp3) is 0.885. The van der Waals surface area contributed by atoms with E-state index in [0.29, 0.717) is 49.5 Å². The Labute approximate surface area is 196 Å². The van der Waals surface area contributed by atoms with E-state index in [4.69, 9.17) is 9.96 Å². The van der Waals surface area contributed by atoms with Crippen LogP contribution in [0.15, 0.2) is 17.3 Å². The molecule has 3 fully saturated rings. The zero-order chi connectivity index (χ0) is 23.9. The predicted octanol–water partition coefficient (Wildman–Crippen LogP) is 7.69. The third-order valence-electron chi connectivity index (χ3n) is 10.4. The second kappa shape index (κ2) is 8.92. The monoisotopic (exact) mass is 459 g/mol. The largest absolute Gasteiger partial charge is 0.417 e. The van der Waals surface area contributed by atoms with E-state index in [2.05, 4.69) is 64.3 Å². The highest BCUT2D eigenvalue weighted by molar-refractivity contribution is 6.74. The fourth-order valence-corrected chi connectivity index (χ4v) is 7.94. The summed E-state index contributed by atoms with van der Waals surface area (Å²) in [6.07, 6.45) is 6.76. The molecule has 3 aliphatic carbocycles. The molecule has 0 spiro atoms. The van der Waals surface area contributed by atoms with Crippen molar-refractivity contribution in [2.45, 2.75) is 97.7 Å². The Morgan fingerprint density at radius 1 is 1.19 bits per heavy atom. The molecular formula is C26H45N3O2Si. The molecule has 0 amide bonds. The molecule has 6 heteroatoms. The number of fused-ring (bicyclic) bond motifs is 1. The number of allylic oxidation sites excluding steroid dienone is 1. The number of ketones is 1. The van der Waals surface area contributed by atoms with Gasteiger partial charge in [0.15, 0.2) is 8.32 Å². The van der Waals surface area contributed by atoms with Gasteiger partial charge < -0.3 is 4.43 Å². The lowest BCUT2D eigenvalue weighted by molar-refractivity contribution is -0.131. The van der Waals surface area contributed by atoms with Crippen LogP contribution in [-0.4, -0.2) is 27.3 Å². The Morgan fingerprint density at radius 2 is 1.88 bits per heavy atom. The van der Waals surface area contributed by atoms with Gasteiger partial charge in [0.05, 0.1) is 0 Å². The maximum absolute atomic E-state index is 12.6. The van der Waals surface area contributed by atoms with E-state index in [1.165, 1.54) is 5.57 Å². The summed E-state index contributed by atoms with van der Waals surface area (Å²) in [4.78, 5) is 15.7. The molecule has 5 nitrogen and oxygen atoms in total. The minimum absolute atomic E-state index is 0.0389. The van der Waals surface area contributed by atoms with Crippen molar-refractivity contribution in [1.82, 2.24) is 0 Å². The minimum Gasteiger partial charge on any atom is -0.417 e. The average molecular weight is 460 g/mol. The highest BCUT2D eigenvalue weighted by Gasteiger charge is 2.56. The standard InChI is InChI=1S/C26H45N3O2Si/c1-18-9-10-22-21(16-28-29-27)23(12-14-25(18,22)5)26(6)13-11-20(30)15-19(26)17-31-32(7,8)24(2,3)4/h19,21-23H,1,9-17H2,2-8H3/t19-,21+,22+,23+,25-,26+/m1/s1. The van der Waals surface area contributed by atoms with Gasteiger partial charge in [0.1, 0.15) is 5.78 Å². The van der Waals surface area contributed by atoms with E-state index in [0.717, 1.165) is 32.1 Å². The van der Waals surface area contributed by atoms with Crippen LogP contribution in [0.5, 0.6) is 0 Å². The number of hydrogen-bond donors (Lipinski definition) is 0. The van der Waals surface area contributed by atoms with Crippen LogP contribution in [0.4, 0.5) is 0 Å². The van der Waals surface area contributed by atoms with E-state index < -0.39 is 8.32 Å². The molecule has 0 bridgehead atoms. The van der Waals surface area contributed by atoms with Gasteiger partial charge in [-0.05, 0) is 90.3 Å². The van der Waals surface area contributed by atoms with E-state index in [-0.39, 0.29) is 21.8 Å². The van der Waals surface area contributed by atoms with Crippen molar-refractivity contribution in [3.8, 4) is 0 Å². The van der Waals surface area contributed by atoms with Crippen molar-refractivity contribution in [1.29, 1.82) is 0 Å². The van der Waals surface area contributed by atoms with Crippen LogP contribution in [-0.2, 0) is 9.22 Å². The number of Topliss-reactive ketones (excluding diaryl/α,β-unsaturated/α-hetero) is 1. The molecule has 0 aliphatic heterocycles. The Hall–Kier alpha value is -1.10. The smallest absolute Gasteiger partial charge is 0.191 e. The summed E-state index contributed by atoms with van der Waals surface area (Å²) in [5.41, 5.74) is 10.7. The molecule has 0 aromatic carbocycles. The van der Waals surface area contributed by atoms with Crippen LogP contribution in [0, 0.1) is 34.5 Å². The zero-order valence-corrected chi connectivity index (χ0v) is 22.5. The summed E-state index contributed by atoms with van der Waals surface area (Å²) in [6, 6.07) is 0. The van der Waals surface area contributed by atoms with Crippen LogP contribution in [0.25, 0.3) is 10.4 Å². The first-order valence-electron chi connectivity index (χ1n) is 12.6. The minimum atomic E-state index is -1.89. The van der Waals surface area contributed by atoms with Gasteiger partial charge in [0, 0.05) is 30.9 Å². The van der Waals surface area contributed by atoms with Crippen LogP contribution < -0.4 is 0 Å². The second-order valence-corrected chi connectivity index (χ2v) is 17.7. The lowest BCUT2D eigenvalue weighted by atomic mass is 9.49. The zero-order valence-electron chi connectivity index (χ0n) is 21.5. The summed E-state index contributed by atoms with van der Waals surface area (Å²) in [5.74, 6) is 1.96. The van der Waals surface area contributed by atoms with Crippen molar-refractivity contribution in [3.63, 3.8) is 0 Å². The molecule has 0 unspecified atom stereocenters. The first kappa shape index (κ1) is 25.5. The second-order valence-electron chi connectivity index (χ2n) is 12.9. The van der Waals surface area contributed by atoms with Crippen LogP contribution in [0.2, 0.25) is 18.1 Å². The number of rotatable bonds is 6. The highest BCUT2D eigenvalue weighted by Crippen LogP contribution is 2.63. The normalized spacial score (nSPS) is 38.3. The first-order chi connectivity index (χ1) is 14.8. The Balaban J connectivity index is 1.91. The van der Waals surface area contributed by atoms with Gasteiger partial charge in [-0.25, -0.2) is 0 Å². The van der Waals surface area contributed by atoms with Gasteiger partial charge in [0.25, 0.3) is 0 Å². The van der Waals surface area contributed by atoms with Gasteiger partial charge >= 0.3 is 0 Å². The van der Waals surface area contributed by atoms with Crippen molar-refractivity contribution in [2.75, 3.05) is 13.2 Å². The molecule has 3 saturated carbocycles. The van der Waals surface area contributed by atoms with Crippen molar-refractivity contribution < 1.29 is 9.22 Å². The lowest BCUT2D eigenvalue weighted by Crippen LogP contribution is -2.52. The molecule has 3 rings (SSSR count). The number of azide groups is 1. The summed E-state index contributed by atoms with van der Waals surface area (Å²) < 4.78 is 6.70. The molecule has 180 valence electrons. The number of carbonyl (C=O) groups excluding carboxylic acids is 1. The van der Waals surface area contributed by atoms with Gasteiger partial charge in [-0.1, -0.05) is 51.9 Å². The third kappa shape index (κ3) is 4.47. The van der Waals surface area contributed by atoms with Crippen LogP contribution in [0.3, 0.4) is 0 Å². The molecule has 0 radical (unpaired) electrons. The third-order valence-corrected chi connectivity index (χ3v) is 14.9. The molecule has 0 aromatic rings. The summed E-state index contributed by atoms with van der Waals surface area (Å²) in [7, 11) is -1.89. The lowest BCUT2D eigenvalue weighted by Gasteiger charge is -2.56. The van der Waals surface area contributed by atoms with Crippen LogP contribution >= 0.6 is 0 Å². The summed E-state index contributed by atoms with van der Waals surface area (Å²) >= 11 is 0. The number of nitrogens with zero attached hydrogens (tertiary/aromatic N) is 3. The van der Waals surface area contributed by atoms with E-state index in [1.54, 1.807) is 0 Å². The number of carbonyl (C=O) groups is 1. The van der Waals surface area contributed by atoms with Crippen molar-refractivity contribution >= 4 is 14.1 Å². The Kier molecular flexibility index (Phi) is 7.11. The number of hydrogen-bond acceptors (Lipinski definition) is 3. The maximum Gasteiger partial charge on any atom is 0.191 e. The molecule has 6 atom stereocenters. The van der Waals surface area contributed by atoms with Gasteiger partial charge in [0.2, 0.25) is 0 Å². The Bertz CT molecular complexity index is 797. The van der Waals surface area contributed by atoms with Crippen molar-refractivity contribution in [2.24, 2.45) is 39.6 Å². The molecule has 0 saturated heterocycles. The highest BCUT2D eigenvalue weighted by atomic mass is 28.4. The summed E-state index contributed by atoms with van der Waals surface area (Å²) in [6.45, 7) is 21.9. The molecule has 3 aliphatic rings. The molecule has 0 N–H and O–H groups in total. The van der Waals surface area contributed by atoms with Gasteiger partial charge in [-0.3, -0.25) is 4.79 Å². The predicted molar refractivity (Wildman–Crippen MR) is 134 cm³/mol. The van der Waals surface area contributed by atoms with Crippen LogP contribution in [0.1, 0.15) is 79.6 Å². The average Bonchev–Trinajstić information content (AvgIpc) is 3.01.